The molecular formula is C14H28N2. The Labute approximate surface area is 101 Å². The summed E-state index contributed by atoms with van der Waals surface area (Å²) in [5.74, 6) is 0. The number of nitrogens with one attached hydrogen (secondary N) is 1. The van der Waals surface area contributed by atoms with Crippen LogP contribution in [0.1, 0.15) is 52.4 Å². The summed E-state index contributed by atoms with van der Waals surface area (Å²) in [7, 11) is 2.25. The molecule has 0 aromatic heterocycles. The van der Waals surface area contributed by atoms with E-state index >= 15 is 0 Å². The largest absolute Gasteiger partial charge is 0.313 e. The van der Waals surface area contributed by atoms with E-state index < -0.39 is 0 Å². The Kier molecular flexibility index (Phi) is 3.91. The van der Waals surface area contributed by atoms with Gasteiger partial charge in [-0.2, -0.15) is 0 Å². The average molecular weight is 224 g/mol. The molecule has 0 radical (unpaired) electrons. The van der Waals surface area contributed by atoms with Gasteiger partial charge in [0.15, 0.2) is 0 Å². The summed E-state index contributed by atoms with van der Waals surface area (Å²) in [6.45, 7) is 7.21. The summed E-state index contributed by atoms with van der Waals surface area (Å²) in [5, 5.41) is 3.83. The maximum atomic E-state index is 3.83. The zero-order valence-electron chi connectivity index (χ0n) is 11.3. The molecule has 1 heterocycles. The van der Waals surface area contributed by atoms with Gasteiger partial charge in [-0.15, -0.1) is 0 Å². The Morgan fingerprint density at radius 2 is 2.12 bits per heavy atom. The van der Waals surface area contributed by atoms with E-state index in [0.29, 0.717) is 5.41 Å². The zero-order valence-corrected chi connectivity index (χ0v) is 11.3. The predicted octanol–water partition coefficient (Wildman–Crippen LogP) is 2.64. The van der Waals surface area contributed by atoms with Crippen molar-refractivity contribution in [2.75, 3.05) is 20.1 Å². The van der Waals surface area contributed by atoms with E-state index in [-0.39, 0.29) is 0 Å². The number of rotatable bonds is 5. The van der Waals surface area contributed by atoms with Crippen LogP contribution in [0.2, 0.25) is 0 Å². The number of hydrogen-bond donors (Lipinski definition) is 1. The highest BCUT2D eigenvalue weighted by atomic mass is 15.1. The third kappa shape index (κ3) is 2.98. The predicted molar refractivity (Wildman–Crippen MR) is 69.7 cm³/mol. The summed E-state index contributed by atoms with van der Waals surface area (Å²) in [4.78, 5) is 2.48. The van der Waals surface area contributed by atoms with Crippen LogP contribution >= 0.6 is 0 Å². The Morgan fingerprint density at radius 1 is 1.38 bits per heavy atom. The highest BCUT2D eigenvalue weighted by Gasteiger charge is 2.41. The molecule has 2 nitrogen and oxygen atoms in total. The van der Waals surface area contributed by atoms with Gasteiger partial charge in [-0.1, -0.05) is 13.3 Å². The molecule has 1 aliphatic carbocycles. The van der Waals surface area contributed by atoms with E-state index in [2.05, 4.69) is 31.1 Å². The highest BCUT2D eigenvalue weighted by Crippen LogP contribution is 2.49. The molecule has 0 amide bonds. The second-order valence-electron chi connectivity index (χ2n) is 6.18. The van der Waals surface area contributed by atoms with Crippen LogP contribution in [0.4, 0.5) is 0 Å². The minimum atomic E-state index is 0.710. The molecule has 2 fully saturated rings. The molecule has 2 rings (SSSR count). The third-order valence-corrected chi connectivity index (χ3v) is 4.71. The first kappa shape index (κ1) is 12.4. The van der Waals surface area contributed by atoms with Gasteiger partial charge in [0.05, 0.1) is 0 Å². The Bertz CT molecular complexity index is 223. The zero-order chi connectivity index (χ0) is 11.6. The summed E-state index contributed by atoms with van der Waals surface area (Å²) in [6, 6.07) is 1.54. The van der Waals surface area contributed by atoms with Crippen LogP contribution in [0.25, 0.3) is 0 Å². The van der Waals surface area contributed by atoms with E-state index in [4.69, 9.17) is 0 Å². The summed E-state index contributed by atoms with van der Waals surface area (Å²) < 4.78 is 0. The van der Waals surface area contributed by atoms with E-state index in [1.165, 1.54) is 51.6 Å². The van der Waals surface area contributed by atoms with Crippen molar-refractivity contribution in [1.82, 2.24) is 10.2 Å². The van der Waals surface area contributed by atoms with Crippen molar-refractivity contribution in [3.63, 3.8) is 0 Å². The topological polar surface area (TPSA) is 15.3 Å². The molecule has 1 aliphatic heterocycles. The van der Waals surface area contributed by atoms with Crippen LogP contribution < -0.4 is 5.32 Å². The summed E-state index contributed by atoms with van der Waals surface area (Å²) in [5.41, 5.74) is 0.710. The van der Waals surface area contributed by atoms with Crippen molar-refractivity contribution in [3.05, 3.63) is 0 Å². The van der Waals surface area contributed by atoms with Crippen LogP contribution in [-0.2, 0) is 0 Å². The minimum Gasteiger partial charge on any atom is -0.313 e. The van der Waals surface area contributed by atoms with Gasteiger partial charge in [0.25, 0.3) is 0 Å². The van der Waals surface area contributed by atoms with Crippen LogP contribution in [0.15, 0.2) is 0 Å². The van der Waals surface area contributed by atoms with Crippen LogP contribution in [0.5, 0.6) is 0 Å². The minimum absolute atomic E-state index is 0.710. The maximum absolute atomic E-state index is 3.83. The number of piperidine rings is 1. The Morgan fingerprint density at radius 3 is 2.69 bits per heavy atom. The van der Waals surface area contributed by atoms with Crippen LogP contribution in [-0.4, -0.2) is 37.1 Å². The molecule has 1 saturated carbocycles. The fourth-order valence-corrected chi connectivity index (χ4v) is 3.06. The van der Waals surface area contributed by atoms with E-state index in [1.54, 1.807) is 0 Å². The molecular weight excluding hydrogens is 196 g/mol. The van der Waals surface area contributed by atoms with E-state index in [9.17, 15) is 0 Å². The monoisotopic (exact) mass is 224 g/mol. The van der Waals surface area contributed by atoms with Crippen molar-refractivity contribution in [2.45, 2.75) is 64.5 Å². The van der Waals surface area contributed by atoms with Crippen LogP contribution in [0, 0.1) is 5.41 Å². The first-order valence-corrected chi connectivity index (χ1v) is 7.09. The normalized spacial score (nSPS) is 33.9. The molecule has 1 N–H and O–H groups in total. The lowest BCUT2D eigenvalue weighted by Gasteiger charge is -2.36. The molecule has 2 aliphatic rings. The molecule has 94 valence electrons. The lowest BCUT2D eigenvalue weighted by molar-refractivity contribution is 0.164. The molecule has 0 spiro atoms. The SMILES string of the molecule is CCCC1(CNC2CCN(C)C(C)C2)CC1. The van der Waals surface area contributed by atoms with Crippen molar-refractivity contribution in [1.29, 1.82) is 0 Å². The summed E-state index contributed by atoms with van der Waals surface area (Å²) in [6.07, 6.45) is 8.39. The fourth-order valence-electron chi connectivity index (χ4n) is 3.06. The molecule has 0 aromatic carbocycles. The lowest BCUT2D eigenvalue weighted by atomic mass is 9.96. The molecule has 2 atom stereocenters. The molecule has 2 heteroatoms. The van der Waals surface area contributed by atoms with Crippen molar-refractivity contribution in [2.24, 2.45) is 5.41 Å². The van der Waals surface area contributed by atoms with Gasteiger partial charge in [0, 0.05) is 18.6 Å². The highest BCUT2D eigenvalue weighted by molar-refractivity contribution is 4.95. The van der Waals surface area contributed by atoms with Gasteiger partial charge in [-0.05, 0) is 58.0 Å². The van der Waals surface area contributed by atoms with E-state index in [1.807, 2.05) is 0 Å². The van der Waals surface area contributed by atoms with E-state index in [0.717, 1.165) is 12.1 Å². The third-order valence-electron chi connectivity index (χ3n) is 4.71. The Balaban J connectivity index is 1.70. The van der Waals surface area contributed by atoms with Gasteiger partial charge in [-0.3, -0.25) is 0 Å². The van der Waals surface area contributed by atoms with Gasteiger partial charge >= 0.3 is 0 Å². The average Bonchev–Trinajstić information content (AvgIpc) is 3.01. The number of hydrogen-bond acceptors (Lipinski definition) is 2. The first-order chi connectivity index (χ1) is 7.65. The first-order valence-electron chi connectivity index (χ1n) is 7.09. The second-order valence-corrected chi connectivity index (χ2v) is 6.18. The van der Waals surface area contributed by atoms with Crippen molar-refractivity contribution >= 4 is 0 Å². The maximum Gasteiger partial charge on any atom is 0.00942 e. The van der Waals surface area contributed by atoms with Gasteiger partial charge < -0.3 is 10.2 Å². The summed E-state index contributed by atoms with van der Waals surface area (Å²) >= 11 is 0. The smallest absolute Gasteiger partial charge is 0.00942 e. The van der Waals surface area contributed by atoms with Gasteiger partial charge in [0.1, 0.15) is 0 Å². The molecule has 0 aromatic rings. The van der Waals surface area contributed by atoms with Crippen molar-refractivity contribution in [3.8, 4) is 0 Å². The number of nitrogens with zero attached hydrogens (tertiary/aromatic N) is 1. The fraction of sp³-hybridized carbons (Fsp3) is 1.00. The second kappa shape index (κ2) is 5.05. The van der Waals surface area contributed by atoms with Crippen LogP contribution in [0.3, 0.4) is 0 Å². The van der Waals surface area contributed by atoms with Gasteiger partial charge in [0.2, 0.25) is 0 Å². The Hall–Kier alpha value is -0.0800. The molecule has 1 saturated heterocycles. The molecule has 0 bridgehead atoms. The molecule has 16 heavy (non-hydrogen) atoms. The lowest BCUT2D eigenvalue weighted by Crippen LogP contribution is -2.46. The molecule has 2 unspecified atom stereocenters. The number of likely N-dealkylation sites (tertiary alicyclic amines) is 1. The van der Waals surface area contributed by atoms with Gasteiger partial charge in [-0.25, -0.2) is 0 Å². The quantitative estimate of drug-likeness (QED) is 0.772. The van der Waals surface area contributed by atoms with Crippen molar-refractivity contribution < 1.29 is 0 Å². The standard InChI is InChI=1S/C14H28N2/c1-4-6-14(7-8-14)11-15-13-5-9-16(3)12(2)10-13/h12-13,15H,4-11H2,1-3H3.